The van der Waals surface area contributed by atoms with Gasteiger partial charge in [0.05, 0.1) is 27.9 Å². The minimum absolute atomic E-state index is 0.289. The number of halogens is 2. The van der Waals surface area contributed by atoms with Gasteiger partial charge in [-0.1, -0.05) is 41.4 Å². The number of para-hydroxylation sites is 1. The zero-order valence-corrected chi connectivity index (χ0v) is 15.3. The molecule has 0 saturated carbocycles. The van der Waals surface area contributed by atoms with Crippen molar-refractivity contribution in [1.29, 1.82) is 0 Å². The standard InChI is InChI=1S/C19H16Cl2N2O2/c1-3-25-19(24)14-10-22-17-11(2)5-4-6-13(17)18(14)23-12-7-8-15(20)16(21)9-12/h4-10H,3H2,1-2H3,(H,22,23). The third kappa shape index (κ3) is 3.55. The predicted molar refractivity (Wildman–Crippen MR) is 102 cm³/mol. The lowest BCUT2D eigenvalue weighted by Gasteiger charge is -2.15. The number of rotatable bonds is 4. The van der Waals surface area contributed by atoms with Crippen molar-refractivity contribution < 1.29 is 9.53 Å². The lowest BCUT2D eigenvalue weighted by Crippen LogP contribution is -2.09. The summed E-state index contributed by atoms with van der Waals surface area (Å²) in [4.78, 5) is 16.8. The van der Waals surface area contributed by atoms with E-state index in [1.165, 1.54) is 6.20 Å². The Balaban J connectivity index is 2.17. The molecule has 0 aliphatic heterocycles. The molecule has 1 heterocycles. The lowest BCUT2D eigenvalue weighted by molar-refractivity contribution is 0.0527. The molecule has 1 aromatic heterocycles. The van der Waals surface area contributed by atoms with E-state index in [-0.39, 0.29) is 6.61 Å². The molecule has 3 rings (SSSR count). The Morgan fingerprint density at radius 1 is 1.20 bits per heavy atom. The van der Waals surface area contributed by atoms with Crippen LogP contribution in [0.15, 0.2) is 42.6 Å². The number of pyridine rings is 1. The summed E-state index contributed by atoms with van der Waals surface area (Å²) in [7, 11) is 0. The summed E-state index contributed by atoms with van der Waals surface area (Å²) in [6, 6.07) is 11.0. The second-order valence-electron chi connectivity index (χ2n) is 5.49. The van der Waals surface area contributed by atoms with Gasteiger partial charge in [0.1, 0.15) is 5.56 Å². The maximum Gasteiger partial charge on any atom is 0.341 e. The third-order valence-corrected chi connectivity index (χ3v) is 4.52. The van der Waals surface area contributed by atoms with Crippen LogP contribution in [0, 0.1) is 6.92 Å². The zero-order valence-electron chi connectivity index (χ0n) is 13.8. The smallest absolute Gasteiger partial charge is 0.341 e. The van der Waals surface area contributed by atoms with Gasteiger partial charge in [0.25, 0.3) is 0 Å². The summed E-state index contributed by atoms with van der Waals surface area (Å²) >= 11 is 12.1. The molecular weight excluding hydrogens is 359 g/mol. The number of carbonyl (C=O) groups excluding carboxylic acids is 1. The molecule has 0 amide bonds. The molecule has 25 heavy (non-hydrogen) atoms. The van der Waals surface area contributed by atoms with E-state index < -0.39 is 5.97 Å². The SMILES string of the molecule is CCOC(=O)c1cnc2c(C)cccc2c1Nc1ccc(Cl)c(Cl)c1. The first-order valence-electron chi connectivity index (χ1n) is 7.78. The van der Waals surface area contributed by atoms with Crippen molar-refractivity contribution in [2.45, 2.75) is 13.8 Å². The lowest BCUT2D eigenvalue weighted by atomic mass is 10.1. The van der Waals surface area contributed by atoms with Crippen LogP contribution in [0.1, 0.15) is 22.8 Å². The topological polar surface area (TPSA) is 51.2 Å². The van der Waals surface area contributed by atoms with Crippen LogP contribution in [0.2, 0.25) is 10.0 Å². The fourth-order valence-corrected chi connectivity index (χ4v) is 2.89. The predicted octanol–water partition coefficient (Wildman–Crippen LogP) is 5.77. The minimum Gasteiger partial charge on any atom is -0.462 e. The number of nitrogens with one attached hydrogen (secondary N) is 1. The normalized spacial score (nSPS) is 10.7. The van der Waals surface area contributed by atoms with Crippen LogP contribution < -0.4 is 5.32 Å². The van der Waals surface area contributed by atoms with Gasteiger partial charge >= 0.3 is 5.97 Å². The van der Waals surface area contributed by atoms with Gasteiger partial charge < -0.3 is 10.1 Å². The molecule has 0 fully saturated rings. The van der Waals surface area contributed by atoms with Crippen LogP contribution >= 0.6 is 23.2 Å². The molecule has 0 spiro atoms. The number of anilines is 2. The van der Waals surface area contributed by atoms with E-state index in [1.807, 2.05) is 25.1 Å². The number of carbonyl (C=O) groups is 1. The molecule has 0 saturated heterocycles. The molecule has 4 nitrogen and oxygen atoms in total. The summed E-state index contributed by atoms with van der Waals surface area (Å²) < 4.78 is 5.16. The summed E-state index contributed by atoms with van der Waals surface area (Å²) in [5.41, 5.74) is 3.55. The van der Waals surface area contributed by atoms with Crippen molar-refractivity contribution in [1.82, 2.24) is 4.98 Å². The van der Waals surface area contributed by atoms with E-state index in [4.69, 9.17) is 27.9 Å². The van der Waals surface area contributed by atoms with Crippen LogP contribution in [0.25, 0.3) is 10.9 Å². The summed E-state index contributed by atoms with van der Waals surface area (Å²) in [5.74, 6) is -0.430. The molecule has 1 N–H and O–H groups in total. The highest BCUT2D eigenvalue weighted by Crippen LogP contribution is 2.33. The highest BCUT2D eigenvalue weighted by Gasteiger charge is 2.17. The molecule has 0 atom stereocenters. The summed E-state index contributed by atoms with van der Waals surface area (Å²) in [5, 5.41) is 4.99. The molecule has 128 valence electrons. The van der Waals surface area contributed by atoms with Crippen molar-refractivity contribution in [2.75, 3.05) is 11.9 Å². The van der Waals surface area contributed by atoms with Gasteiger partial charge in [0.15, 0.2) is 0 Å². The van der Waals surface area contributed by atoms with Crippen LogP contribution in [-0.4, -0.2) is 17.6 Å². The van der Waals surface area contributed by atoms with E-state index in [9.17, 15) is 4.79 Å². The average molecular weight is 375 g/mol. The summed E-state index contributed by atoms with van der Waals surface area (Å²) in [6.45, 7) is 4.03. The largest absolute Gasteiger partial charge is 0.462 e. The van der Waals surface area contributed by atoms with Crippen LogP contribution in [0.4, 0.5) is 11.4 Å². The number of fused-ring (bicyclic) bond motifs is 1. The van der Waals surface area contributed by atoms with Crippen molar-refractivity contribution in [3.05, 3.63) is 63.8 Å². The van der Waals surface area contributed by atoms with Gasteiger partial charge in [-0.05, 0) is 37.6 Å². The van der Waals surface area contributed by atoms with Gasteiger partial charge in [0, 0.05) is 17.3 Å². The number of aromatic nitrogens is 1. The fraction of sp³-hybridized carbons (Fsp3) is 0.158. The van der Waals surface area contributed by atoms with Gasteiger partial charge in [-0.3, -0.25) is 4.98 Å². The Morgan fingerprint density at radius 3 is 2.72 bits per heavy atom. The molecule has 0 radical (unpaired) electrons. The van der Waals surface area contributed by atoms with E-state index in [0.717, 1.165) is 16.5 Å². The summed E-state index contributed by atoms with van der Waals surface area (Å²) in [6.07, 6.45) is 1.53. The second-order valence-corrected chi connectivity index (χ2v) is 6.31. The molecular formula is C19H16Cl2N2O2. The Morgan fingerprint density at radius 2 is 2.00 bits per heavy atom. The first-order valence-corrected chi connectivity index (χ1v) is 8.54. The van der Waals surface area contributed by atoms with Gasteiger partial charge in [-0.2, -0.15) is 0 Å². The third-order valence-electron chi connectivity index (χ3n) is 3.78. The molecule has 0 unspecified atom stereocenters. The molecule has 2 aromatic carbocycles. The second kappa shape index (κ2) is 7.30. The van der Waals surface area contributed by atoms with Crippen LogP contribution in [-0.2, 0) is 4.74 Å². The Bertz CT molecular complexity index is 958. The Hall–Kier alpha value is -2.30. The molecule has 0 aliphatic carbocycles. The Kier molecular flexibility index (Phi) is 5.11. The van der Waals surface area contributed by atoms with Gasteiger partial charge in [-0.25, -0.2) is 4.79 Å². The minimum atomic E-state index is -0.430. The number of nitrogens with zero attached hydrogens (tertiary/aromatic N) is 1. The van der Waals surface area contributed by atoms with E-state index in [1.54, 1.807) is 25.1 Å². The maximum absolute atomic E-state index is 12.4. The highest BCUT2D eigenvalue weighted by molar-refractivity contribution is 6.42. The van der Waals surface area contributed by atoms with E-state index >= 15 is 0 Å². The van der Waals surface area contributed by atoms with Crippen molar-refractivity contribution in [3.63, 3.8) is 0 Å². The van der Waals surface area contributed by atoms with Gasteiger partial charge in [0.2, 0.25) is 0 Å². The quantitative estimate of drug-likeness (QED) is 0.588. The van der Waals surface area contributed by atoms with Crippen molar-refractivity contribution in [2.24, 2.45) is 0 Å². The average Bonchev–Trinajstić information content (AvgIpc) is 2.59. The number of ether oxygens (including phenoxy) is 1. The number of hydrogen-bond acceptors (Lipinski definition) is 4. The monoisotopic (exact) mass is 374 g/mol. The molecule has 6 heteroatoms. The number of hydrogen-bond donors (Lipinski definition) is 1. The van der Waals surface area contributed by atoms with E-state index in [0.29, 0.717) is 27.0 Å². The van der Waals surface area contributed by atoms with Crippen LogP contribution in [0.3, 0.4) is 0 Å². The number of esters is 1. The number of aryl methyl sites for hydroxylation is 1. The fourth-order valence-electron chi connectivity index (χ4n) is 2.59. The maximum atomic E-state index is 12.4. The Labute approximate surface area is 155 Å². The number of benzene rings is 2. The van der Waals surface area contributed by atoms with Gasteiger partial charge in [-0.15, -0.1) is 0 Å². The van der Waals surface area contributed by atoms with Crippen LogP contribution in [0.5, 0.6) is 0 Å². The zero-order chi connectivity index (χ0) is 18.0. The first-order chi connectivity index (χ1) is 12.0. The molecule has 0 bridgehead atoms. The molecule has 0 aliphatic rings. The first kappa shape index (κ1) is 17.5. The van der Waals surface area contributed by atoms with E-state index in [2.05, 4.69) is 10.3 Å². The molecule has 3 aromatic rings. The van der Waals surface area contributed by atoms with Crippen molar-refractivity contribution in [3.8, 4) is 0 Å². The van der Waals surface area contributed by atoms with Crippen molar-refractivity contribution >= 4 is 51.4 Å². The highest BCUT2D eigenvalue weighted by atomic mass is 35.5.